The maximum atomic E-state index is 4.24. The highest BCUT2D eigenvalue weighted by Crippen LogP contribution is 2.14. The Kier molecular flexibility index (Phi) is 3.99. The number of nitrogens with one attached hydrogen (secondary N) is 2. The first-order valence-electron chi connectivity index (χ1n) is 5.52. The second kappa shape index (κ2) is 5.91. The quantitative estimate of drug-likeness (QED) is 0.754. The summed E-state index contributed by atoms with van der Waals surface area (Å²) in [6, 6.07) is 5.77. The van der Waals surface area contributed by atoms with Crippen LogP contribution in [0.15, 0.2) is 36.8 Å². The molecule has 5 heteroatoms. The van der Waals surface area contributed by atoms with Crippen molar-refractivity contribution in [3.63, 3.8) is 0 Å². The molecular formula is C12H15N5. The Morgan fingerprint density at radius 2 is 1.88 bits per heavy atom. The maximum Gasteiger partial charge on any atom is 0.222 e. The van der Waals surface area contributed by atoms with Gasteiger partial charge in [0, 0.05) is 37.2 Å². The molecule has 0 fully saturated rings. The van der Waals surface area contributed by atoms with Gasteiger partial charge in [-0.05, 0) is 19.2 Å². The van der Waals surface area contributed by atoms with Crippen LogP contribution in [0.2, 0.25) is 0 Å². The number of hydrogen-bond acceptors (Lipinski definition) is 5. The predicted molar refractivity (Wildman–Crippen MR) is 67.7 cm³/mol. The monoisotopic (exact) mass is 229 g/mol. The van der Waals surface area contributed by atoms with Gasteiger partial charge in [0.15, 0.2) is 0 Å². The van der Waals surface area contributed by atoms with Crippen molar-refractivity contribution in [1.29, 1.82) is 0 Å². The summed E-state index contributed by atoms with van der Waals surface area (Å²) >= 11 is 0. The predicted octanol–water partition coefficient (Wildman–Crippen LogP) is 1.17. The molecular weight excluding hydrogens is 214 g/mol. The highest BCUT2D eigenvalue weighted by Gasteiger charge is 2.00. The van der Waals surface area contributed by atoms with E-state index in [-0.39, 0.29) is 0 Å². The van der Waals surface area contributed by atoms with E-state index in [4.69, 9.17) is 0 Å². The molecule has 2 aromatic rings. The summed E-state index contributed by atoms with van der Waals surface area (Å²) in [6.07, 6.45) is 5.31. The molecule has 2 heterocycles. The Balaban J connectivity index is 2.03. The first kappa shape index (κ1) is 11.5. The normalized spacial score (nSPS) is 10.2. The molecule has 17 heavy (non-hydrogen) atoms. The first-order valence-corrected chi connectivity index (χ1v) is 5.52. The van der Waals surface area contributed by atoms with Crippen LogP contribution >= 0.6 is 0 Å². The van der Waals surface area contributed by atoms with Crippen molar-refractivity contribution in [3.8, 4) is 11.3 Å². The van der Waals surface area contributed by atoms with E-state index in [9.17, 15) is 0 Å². The van der Waals surface area contributed by atoms with Crippen LogP contribution in [-0.4, -0.2) is 35.1 Å². The Morgan fingerprint density at radius 1 is 1.06 bits per heavy atom. The molecule has 5 nitrogen and oxygen atoms in total. The molecule has 0 bridgehead atoms. The topological polar surface area (TPSA) is 62.7 Å². The minimum atomic E-state index is 0.639. The van der Waals surface area contributed by atoms with Gasteiger partial charge in [0.2, 0.25) is 5.95 Å². The van der Waals surface area contributed by atoms with E-state index in [1.807, 2.05) is 25.2 Å². The molecule has 0 radical (unpaired) electrons. The van der Waals surface area contributed by atoms with Crippen LogP contribution in [0, 0.1) is 0 Å². The molecule has 2 rings (SSSR count). The van der Waals surface area contributed by atoms with Crippen molar-refractivity contribution < 1.29 is 0 Å². The molecule has 0 amide bonds. The Morgan fingerprint density at radius 3 is 2.53 bits per heavy atom. The minimum Gasteiger partial charge on any atom is -0.353 e. The lowest BCUT2D eigenvalue weighted by Crippen LogP contribution is -2.18. The highest BCUT2D eigenvalue weighted by atomic mass is 15.1. The summed E-state index contributed by atoms with van der Waals surface area (Å²) in [5, 5.41) is 6.17. The van der Waals surface area contributed by atoms with Crippen molar-refractivity contribution in [2.24, 2.45) is 0 Å². The van der Waals surface area contributed by atoms with Gasteiger partial charge in [0.1, 0.15) is 0 Å². The lowest BCUT2D eigenvalue weighted by atomic mass is 10.2. The number of pyridine rings is 1. The number of nitrogens with zero attached hydrogens (tertiary/aromatic N) is 3. The zero-order valence-corrected chi connectivity index (χ0v) is 9.72. The van der Waals surface area contributed by atoms with Crippen LogP contribution in [0.3, 0.4) is 0 Å². The number of hydrogen-bond donors (Lipinski definition) is 2. The van der Waals surface area contributed by atoms with E-state index < -0.39 is 0 Å². The summed E-state index contributed by atoms with van der Waals surface area (Å²) in [5.41, 5.74) is 1.80. The van der Waals surface area contributed by atoms with Crippen molar-refractivity contribution in [1.82, 2.24) is 20.3 Å². The molecule has 0 aliphatic rings. The fraction of sp³-hybridized carbons (Fsp3) is 0.250. The van der Waals surface area contributed by atoms with E-state index >= 15 is 0 Å². The fourth-order valence-electron chi connectivity index (χ4n) is 1.38. The van der Waals surface area contributed by atoms with Crippen molar-refractivity contribution in [2.45, 2.75) is 0 Å². The average Bonchev–Trinajstić information content (AvgIpc) is 2.41. The van der Waals surface area contributed by atoms with Gasteiger partial charge in [-0.25, -0.2) is 9.97 Å². The number of likely N-dealkylation sites (N-methyl/N-ethyl adjacent to an activating group) is 1. The molecule has 0 spiro atoms. The summed E-state index contributed by atoms with van der Waals surface area (Å²) in [4.78, 5) is 12.7. The van der Waals surface area contributed by atoms with Crippen LogP contribution in [0.1, 0.15) is 0 Å². The maximum absolute atomic E-state index is 4.24. The molecule has 0 aromatic carbocycles. The molecule has 88 valence electrons. The van der Waals surface area contributed by atoms with Crippen molar-refractivity contribution >= 4 is 5.95 Å². The summed E-state index contributed by atoms with van der Waals surface area (Å²) in [6.45, 7) is 1.69. The molecule has 0 atom stereocenters. The molecule has 2 N–H and O–H groups in total. The standard InChI is InChI=1S/C12H15N5/c1-13-6-7-15-12-16-8-10(9-17-12)11-4-2-3-5-14-11/h2-5,8-9,13H,6-7H2,1H3,(H,15,16,17). The van der Waals surface area contributed by atoms with Gasteiger partial charge in [-0.3, -0.25) is 4.98 Å². The van der Waals surface area contributed by atoms with Crippen molar-refractivity contribution in [2.75, 3.05) is 25.5 Å². The van der Waals surface area contributed by atoms with E-state index in [2.05, 4.69) is 25.6 Å². The molecule has 0 aliphatic heterocycles. The number of rotatable bonds is 5. The first-order chi connectivity index (χ1) is 8.40. The molecule has 2 aromatic heterocycles. The van der Waals surface area contributed by atoms with Gasteiger partial charge < -0.3 is 10.6 Å². The summed E-state index contributed by atoms with van der Waals surface area (Å²) in [5.74, 6) is 0.639. The largest absolute Gasteiger partial charge is 0.353 e. The van der Waals surface area contributed by atoms with Crippen molar-refractivity contribution in [3.05, 3.63) is 36.8 Å². The van der Waals surface area contributed by atoms with Crippen LogP contribution in [-0.2, 0) is 0 Å². The second-order valence-electron chi connectivity index (χ2n) is 3.54. The third kappa shape index (κ3) is 3.22. The molecule has 0 unspecified atom stereocenters. The van der Waals surface area contributed by atoms with Gasteiger partial charge >= 0.3 is 0 Å². The second-order valence-corrected chi connectivity index (χ2v) is 3.54. The zero-order valence-electron chi connectivity index (χ0n) is 9.72. The SMILES string of the molecule is CNCCNc1ncc(-c2ccccn2)cn1. The van der Waals surface area contributed by atoms with Gasteiger partial charge in [-0.15, -0.1) is 0 Å². The van der Waals surface area contributed by atoms with Gasteiger partial charge in [-0.2, -0.15) is 0 Å². The van der Waals surface area contributed by atoms with Gasteiger partial charge in [0.05, 0.1) is 5.69 Å². The molecule has 0 saturated carbocycles. The Hall–Kier alpha value is -2.01. The molecule has 0 aliphatic carbocycles. The van der Waals surface area contributed by atoms with Crippen LogP contribution in [0.25, 0.3) is 11.3 Å². The molecule has 0 saturated heterocycles. The fourth-order valence-corrected chi connectivity index (χ4v) is 1.38. The lowest BCUT2D eigenvalue weighted by Gasteiger charge is -2.04. The van der Waals surface area contributed by atoms with Crippen LogP contribution < -0.4 is 10.6 Å². The summed E-state index contributed by atoms with van der Waals surface area (Å²) < 4.78 is 0. The number of anilines is 1. The van der Waals surface area contributed by atoms with Gasteiger partial charge in [0.25, 0.3) is 0 Å². The average molecular weight is 229 g/mol. The van der Waals surface area contributed by atoms with E-state index in [1.54, 1.807) is 18.6 Å². The Labute approximate surface area is 100 Å². The third-order valence-electron chi connectivity index (χ3n) is 2.27. The smallest absolute Gasteiger partial charge is 0.222 e. The van der Waals surface area contributed by atoms with Crippen LogP contribution in [0.4, 0.5) is 5.95 Å². The van der Waals surface area contributed by atoms with Gasteiger partial charge in [-0.1, -0.05) is 6.07 Å². The van der Waals surface area contributed by atoms with E-state index in [1.165, 1.54) is 0 Å². The van der Waals surface area contributed by atoms with E-state index in [0.29, 0.717) is 5.95 Å². The lowest BCUT2D eigenvalue weighted by molar-refractivity contribution is 0.817. The highest BCUT2D eigenvalue weighted by molar-refractivity contribution is 5.56. The Bertz CT molecular complexity index is 440. The zero-order chi connectivity index (χ0) is 11.9. The minimum absolute atomic E-state index is 0.639. The summed E-state index contributed by atoms with van der Waals surface area (Å²) in [7, 11) is 1.91. The third-order valence-corrected chi connectivity index (χ3v) is 2.27. The van der Waals surface area contributed by atoms with E-state index in [0.717, 1.165) is 24.3 Å². The van der Waals surface area contributed by atoms with Crippen LogP contribution in [0.5, 0.6) is 0 Å². The number of aromatic nitrogens is 3.